The summed E-state index contributed by atoms with van der Waals surface area (Å²) in [6.45, 7) is 10.6. The minimum atomic E-state index is 0.145. The monoisotopic (exact) mass is 295 g/mol. The summed E-state index contributed by atoms with van der Waals surface area (Å²) in [7, 11) is 2.16. The Labute approximate surface area is 128 Å². The van der Waals surface area contributed by atoms with E-state index in [4.69, 9.17) is 0 Å². The molecule has 0 aromatic carbocycles. The van der Waals surface area contributed by atoms with Gasteiger partial charge in [-0.25, -0.2) is 0 Å². The molecular weight excluding hydrogens is 266 g/mol. The van der Waals surface area contributed by atoms with Crippen molar-refractivity contribution >= 4 is 11.8 Å². The summed E-state index contributed by atoms with van der Waals surface area (Å²) in [4.78, 5) is 6.93. The Morgan fingerprint density at radius 1 is 1.35 bits per heavy atom. The lowest BCUT2D eigenvalue weighted by atomic mass is 10.1. The molecule has 4 heteroatoms. The maximum absolute atomic E-state index is 4.57. The highest BCUT2D eigenvalue weighted by Crippen LogP contribution is 2.09. The van der Waals surface area contributed by atoms with Crippen molar-refractivity contribution in [1.29, 1.82) is 0 Å². The van der Waals surface area contributed by atoms with Crippen LogP contribution in [0, 0.1) is 0 Å². The van der Waals surface area contributed by atoms with E-state index < -0.39 is 0 Å². The minimum Gasteiger partial charge on any atom is -0.308 e. The van der Waals surface area contributed by atoms with E-state index >= 15 is 0 Å². The molecule has 114 valence electrons. The summed E-state index contributed by atoms with van der Waals surface area (Å²) in [6.07, 6.45) is 4.14. The normalized spacial score (nSPS) is 13.8. The van der Waals surface area contributed by atoms with Gasteiger partial charge in [0.05, 0.1) is 5.69 Å². The zero-order chi connectivity index (χ0) is 15.2. The van der Waals surface area contributed by atoms with Gasteiger partial charge < -0.3 is 5.32 Å². The predicted molar refractivity (Wildman–Crippen MR) is 90.1 cm³/mol. The molecule has 1 heterocycles. The molecule has 1 N–H and O–H groups in total. The first-order chi connectivity index (χ1) is 9.31. The van der Waals surface area contributed by atoms with E-state index in [1.165, 1.54) is 5.56 Å². The van der Waals surface area contributed by atoms with Crippen LogP contribution in [0.5, 0.6) is 0 Å². The van der Waals surface area contributed by atoms with Gasteiger partial charge in [0.1, 0.15) is 0 Å². The van der Waals surface area contributed by atoms with Crippen LogP contribution in [0.3, 0.4) is 0 Å². The lowest BCUT2D eigenvalue weighted by Crippen LogP contribution is -2.35. The number of hydrogen-bond donors (Lipinski definition) is 1. The van der Waals surface area contributed by atoms with Gasteiger partial charge in [-0.05, 0) is 52.6 Å². The van der Waals surface area contributed by atoms with E-state index in [1.54, 1.807) is 0 Å². The highest BCUT2D eigenvalue weighted by atomic mass is 32.2. The molecule has 0 bridgehead atoms. The molecule has 0 fully saturated rings. The van der Waals surface area contributed by atoms with Crippen LogP contribution in [-0.2, 0) is 13.1 Å². The third kappa shape index (κ3) is 6.73. The van der Waals surface area contributed by atoms with Crippen LogP contribution in [0.25, 0.3) is 0 Å². The van der Waals surface area contributed by atoms with Crippen molar-refractivity contribution in [2.75, 3.05) is 19.1 Å². The molecule has 0 spiro atoms. The maximum atomic E-state index is 4.57. The topological polar surface area (TPSA) is 28.2 Å². The Balaban J connectivity index is 2.50. The van der Waals surface area contributed by atoms with E-state index in [1.807, 2.05) is 18.0 Å². The number of nitrogens with zero attached hydrogens (tertiary/aromatic N) is 2. The molecule has 1 rings (SSSR count). The second kappa shape index (κ2) is 8.01. The average Bonchev–Trinajstić information content (AvgIpc) is 2.37. The quantitative estimate of drug-likeness (QED) is 0.836. The fraction of sp³-hybridized carbons (Fsp3) is 0.688. The molecule has 0 saturated heterocycles. The van der Waals surface area contributed by atoms with Crippen molar-refractivity contribution in [2.45, 2.75) is 52.4 Å². The van der Waals surface area contributed by atoms with Crippen LogP contribution >= 0.6 is 11.8 Å². The number of aromatic nitrogens is 1. The Kier molecular flexibility index (Phi) is 7.00. The highest BCUT2D eigenvalue weighted by molar-refractivity contribution is 7.98. The van der Waals surface area contributed by atoms with Crippen molar-refractivity contribution in [3.63, 3.8) is 0 Å². The molecule has 20 heavy (non-hydrogen) atoms. The van der Waals surface area contributed by atoms with Crippen LogP contribution < -0.4 is 5.32 Å². The van der Waals surface area contributed by atoms with Crippen LogP contribution in [0.15, 0.2) is 18.3 Å². The Bertz CT molecular complexity index is 384. The van der Waals surface area contributed by atoms with Crippen LogP contribution in [0.2, 0.25) is 0 Å². The summed E-state index contributed by atoms with van der Waals surface area (Å²) < 4.78 is 0. The minimum absolute atomic E-state index is 0.145. The van der Waals surface area contributed by atoms with E-state index in [0.29, 0.717) is 6.04 Å². The molecule has 0 amide bonds. The van der Waals surface area contributed by atoms with E-state index in [2.05, 4.69) is 68.3 Å². The van der Waals surface area contributed by atoms with Gasteiger partial charge in [0.25, 0.3) is 0 Å². The second-order valence-corrected chi connectivity index (χ2v) is 7.39. The summed E-state index contributed by atoms with van der Waals surface area (Å²) in [5, 5.41) is 3.48. The molecule has 0 aliphatic rings. The third-order valence-electron chi connectivity index (χ3n) is 3.28. The maximum Gasteiger partial charge on any atom is 0.0544 e. The number of pyridine rings is 1. The van der Waals surface area contributed by atoms with Gasteiger partial charge in [-0.1, -0.05) is 6.07 Å². The van der Waals surface area contributed by atoms with Crippen molar-refractivity contribution in [2.24, 2.45) is 0 Å². The molecule has 0 aliphatic carbocycles. The van der Waals surface area contributed by atoms with Crippen molar-refractivity contribution < 1.29 is 0 Å². The van der Waals surface area contributed by atoms with Crippen LogP contribution in [0.4, 0.5) is 0 Å². The van der Waals surface area contributed by atoms with Gasteiger partial charge in [0.2, 0.25) is 0 Å². The average molecular weight is 295 g/mol. The Morgan fingerprint density at radius 3 is 2.55 bits per heavy atom. The number of nitrogens with one attached hydrogen (secondary N) is 1. The van der Waals surface area contributed by atoms with E-state index in [-0.39, 0.29) is 5.54 Å². The molecule has 1 aromatic heterocycles. The molecular formula is C16H29N3S. The van der Waals surface area contributed by atoms with Gasteiger partial charge in [-0.2, -0.15) is 11.8 Å². The molecule has 1 unspecified atom stereocenters. The lowest BCUT2D eigenvalue weighted by molar-refractivity contribution is 0.266. The van der Waals surface area contributed by atoms with Gasteiger partial charge in [0.15, 0.2) is 0 Å². The first-order valence-electron chi connectivity index (χ1n) is 7.20. The zero-order valence-corrected chi connectivity index (χ0v) is 14.5. The van der Waals surface area contributed by atoms with Gasteiger partial charge in [0, 0.05) is 36.6 Å². The molecule has 0 saturated carbocycles. The molecule has 0 aliphatic heterocycles. The molecule has 1 atom stereocenters. The third-order valence-corrected chi connectivity index (χ3v) is 4.10. The smallest absolute Gasteiger partial charge is 0.0544 e. The largest absolute Gasteiger partial charge is 0.308 e. The SMILES string of the molecule is CSCC(C)N(C)Cc1ccc(CNC(C)(C)C)cn1. The van der Waals surface area contributed by atoms with Gasteiger partial charge in [-0.3, -0.25) is 9.88 Å². The first-order valence-corrected chi connectivity index (χ1v) is 8.59. The van der Waals surface area contributed by atoms with Crippen molar-refractivity contribution in [3.8, 4) is 0 Å². The number of hydrogen-bond acceptors (Lipinski definition) is 4. The lowest BCUT2D eigenvalue weighted by Gasteiger charge is -2.23. The Hall–Kier alpha value is -0.580. The van der Waals surface area contributed by atoms with Crippen molar-refractivity contribution in [1.82, 2.24) is 15.2 Å². The summed E-state index contributed by atoms with van der Waals surface area (Å²) >= 11 is 1.89. The fourth-order valence-corrected chi connectivity index (χ4v) is 2.54. The van der Waals surface area contributed by atoms with Crippen LogP contribution in [-0.4, -0.2) is 40.5 Å². The standard InChI is InChI=1S/C16H29N3S/c1-13(12-20-6)19(5)11-15-8-7-14(9-17-15)10-18-16(2,3)4/h7-9,13,18H,10-12H2,1-6H3. The van der Waals surface area contributed by atoms with Gasteiger partial charge in [-0.15, -0.1) is 0 Å². The summed E-state index contributed by atoms with van der Waals surface area (Å²) in [5.41, 5.74) is 2.52. The molecule has 1 aromatic rings. The molecule has 3 nitrogen and oxygen atoms in total. The van der Waals surface area contributed by atoms with E-state index in [9.17, 15) is 0 Å². The number of thioether (sulfide) groups is 1. The first kappa shape index (κ1) is 17.5. The summed E-state index contributed by atoms with van der Waals surface area (Å²) in [5.74, 6) is 1.16. The second-order valence-electron chi connectivity index (χ2n) is 6.48. The van der Waals surface area contributed by atoms with Crippen LogP contribution in [0.1, 0.15) is 39.0 Å². The molecule has 0 radical (unpaired) electrons. The highest BCUT2D eigenvalue weighted by Gasteiger charge is 2.10. The summed E-state index contributed by atoms with van der Waals surface area (Å²) in [6, 6.07) is 4.89. The number of rotatable bonds is 7. The van der Waals surface area contributed by atoms with Crippen molar-refractivity contribution in [3.05, 3.63) is 29.6 Å². The Morgan fingerprint density at radius 2 is 2.05 bits per heavy atom. The fourth-order valence-electron chi connectivity index (χ4n) is 1.80. The zero-order valence-electron chi connectivity index (χ0n) is 13.7. The predicted octanol–water partition coefficient (Wildman–Crippen LogP) is 3.15. The van der Waals surface area contributed by atoms with Gasteiger partial charge >= 0.3 is 0 Å². The van der Waals surface area contributed by atoms with E-state index in [0.717, 1.165) is 24.5 Å².